The number of nitrogens with zero attached hydrogens (tertiary/aromatic N) is 1. The van der Waals surface area contributed by atoms with E-state index in [4.69, 9.17) is 10.2 Å². The van der Waals surface area contributed by atoms with Gasteiger partial charge in [-0.2, -0.15) is 0 Å². The maximum atomic E-state index is 11.0. The van der Waals surface area contributed by atoms with Crippen LogP contribution in [0.3, 0.4) is 0 Å². The van der Waals surface area contributed by atoms with Gasteiger partial charge in [-0.25, -0.2) is 14.6 Å². The van der Waals surface area contributed by atoms with E-state index in [1.54, 1.807) is 12.1 Å². The van der Waals surface area contributed by atoms with Gasteiger partial charge in [-0.3, -0.25) is 0 Å². The van der Waals surface area contributed by atoms with Gasteiger partial charge in [-0.05, 0) is 43.2 Å². The van der Waals surface area contributed by atoms with Crippen molar-refractivity contribution in [3.63, 3.8) is 0 Å². The predicted octanol–water partition coefficient (Wildman–Crippen LogP) is 2.25. The van der Waals surface area contributed by atoms with Crippen LogP contribution in [0.15, 0.2) is 18.2 Å². The number of carboxylic acids is 2. The van der Waals surface area contributed by atoms with Gasteiger partial charge in [0.25, 0.3) is 0 Å². The molecule has 0 saturated carbocycles. The van der Waals surface area contributed by atoms with E-state index in [0.717, 1.165) is 11.1 Å². The van der Waals surface area contributed by atoms with Crippen LogP contribution in [0.2, 0.25) is 0 Å². The third kappa shape index (κ3) is 1.90. The van der Waals surface area contributed by atoms with E-state index in [2.05, 4.69) is 4.98 Å². The highest BCUT2D eigenvalue weighted by atomic mass is 16.4. The molecule has 18 heavy (non-hydrogen) atoms. The second-order valence-electron chi connectivity index (χ2n) is 4.12. The quantitative estimate of drug-likeness (QED) is 0.847. The fraction of sp³-hybridized carbons (Fsp3) is 0.154. The lowest BCUT2D eigenvalue weighted by Gasteiger charge is -2.06. The van der Waals surface area contributed by atoms with Crippen LogP contribution in [0, 0.1) is 13.8 Å². The summed E-state index contributed by atoms with van der Waals surface area (Å²) >= 11 is 0. The van der Waals surface area contributed by atoms with Gasteiger partial charge in [-0.1, -0.05) is 0 Å². The minimum absolute atomic E-state index is 0.293. The highest BCUT2D eigenvalue weighted by Crippen LogP contribution is 2.21. The van der Waals surface area contributed by atoms with Gasteiger partial charge >= 0.3 is 11.9 Å². The number of hydrogen-bond acceptors (Lipinski definition) is 3. The number of rotatable bonds is 2. The minimum atomic E-state index is -1.34. The van der Waals surface area contributed by atoms with Crippen molar-refractivity contribution in [2.45, 2.75) is 13.8 Å². The second kappa shape index (κ2) is 4.10. The molecule has 0 aliphatic carbocycles. The Morgan fingerprint density at radius 2 is 1.61 bits per heavy atom. The number of carboxylic acid groups (broad SMARTS) is 2. The predicted molar refractivity (Wildman–Crippen MR) is 65.1 cm³/mol. The largest absolute Gasteiger partial charge is 0.478 e. The van der Waals surface area contributed by atoms with Crippen LogP contribution in [-0.2, 0) is 0 Å². The summed E-state index contributed by atoms with van der Waals surface area (Å²) in [7, 11) is 0. The molecule has 0 saturated heterocycles. The van der Waals surface area contributed by atoms with Gasteiger partial charge in [0.15, 0.2) is 5.69 Å². The number of aromatic nitrogens is 1. The average molecular weight is 245 g/mol. The van der Waals surface area contributed by atoms with Crippen molar-refractivity contribution in [3.8, 4) is 0 Å². The zero-order valence-corrected chi connectivity index (χ0v) is 9.89. The maximum absolute atomic E-state index is 11.0. The van der Waals surface area contributed by atoms with E-state index in [1.807, 2.05) is 13.8 Å². The number of fused-ring (bicyclic) bond motifs is 1. The van der Waals surface area contributed by atoms with Gasteiger partial charge in [0.2, 0.25) is 0 Å². The first-order chi connectivity index (χ1) is 8.40. The van der Waals surface area contributed by atoms with Crippen molar-refractivity contribution in [2.24, 2.45) is 0 Å². The molecule has 0 bridgehead atoms. The fourth-order valence-corrected chi connectivity index (χ4v) is 1.77. The zero-order chi connectivity index (χ0) is 13.4. The normalized spacial score (nSPS) is 10.6. The molecule has 2 N–H and O–H groups in total. The zero-order valence-electron chi connectivity index (χ0n) is 9.89. The molecule has 0 aliphatic heterocycles. The molecule has 2 rings (SSSR count). The first-order valence-corrected chi connectivity index (χ1v) is 5.28. The number of pyridine rings is 1. The summed E-state index contributed by atoms with van der Waals surface area (Å²) in [4.78, 5) is 25.9. The highest BCUT2D eigenvalue weighted by molar-refractivity contribution is 6.03. The van der Waals surface area contributed by atoms with Gasteiger partial charge < -0.3 is 10.2 Å². The molecule has 1 aromatic heterocycles. The van der Waals surface area contributed by atoms with Crippen LogP contribution in [0.5, 0.6) is 0 Å². The van der Waals surface area contributed by atoms with E-state index in [1.165, 1.54) is 6.07 Å². The van der Waals surface area contributed by atoms with E-state index in [0.29, 0.717) is 10.9 Å². The van der Waals surface area contributed by atoms with E-state index < -0.39 is 17.6 Å². The molecule has 0 unspecified atom stereocenters. The summed E-state index contributed by atoms with van der Waals surface area (Å²) in [6.45, 7) is 3.79. The molecule has 0 fully saturated rings. The minimum Gasteiger partial charge on any atom is -0.478 e. The molecule has 92 valence electrons. The van der Waals surface area contributed by atoms with Gasteiger partial charge in [0.1, 0.15) is 0 Å². The van der Waals surface area contributed by atoms with Crippen LogP contribution in [0.4, 0.5) is 0 Å². The van der Waals surface area contributed by atoms with Gasteiger partial charge in [-0.15, -0.1) is 0 Å². The fourth-order valence-electron chi connectivity index (χ4n) is 1.77. The summed E-state index contributed by atoms with van der Waals surface area (Å²) in [5.41, 5.74) is 1.75. The molecule has 2 aromatic rings. The molecule has 0 spiro atoms. The lowest BCUT2D eigenvalue weighted by molar-refractivity contribution is 0.0647. The molecule has 1 aromatic carbocycles. The third-order valence-corrected chi connectivity index (χ3v) is 2.86. The molecular weight excluding hydrogens is 234 g/mol. The van der Waals surface area contributed by atoms with Crippen LogP contribution >= 0.6 is 0 Å². The molecule has 0 atom stereocenters. The van der Waals surface area contributed by atoms with E-state index >= 15 is 0 Å². The summed E-state index contributed by atoms with van der Waals surface area (Å²) in [6, 6.07) is 4.90. The molecule has 5 nitrogen and oxygen atoms in total. The number of aryl methyl sites for hydroxylation is 2. The first-order valence-electron chi connectivity index (χ1n) is 5.28. The van der Waals surface area contributed by atoms with Crippen molar-refractivity contribution in [3.05, 3.63) is 40.6 Å². The molecule has 0 aliphatic rings. The summed E-state index contributed by atoms with van der Waals surface area (Å²) in [5, 5.41) is 18.6. The second-order valence-corrected chi connectivity index (χ2v) is 4.12. The molecule has 0 radical (unpaired) electrons. The van der Waals surface area contributed by atoms with Crippen LogP contribution in [0.25, 0.3) is 10.9 Å². The Kier molecular flexibility index (Phi) is 2.74. The standard InChI is InChI=1S/C13H11NO4/c1-6-3-8-5-9(12(15)16)11(13(17)18)14-10(8)4-7(6)2/h3-5H,1-2H3,(H,15,16)(H,17,18). The van der Waals surface area contributed by atoms with Crippen LogP contribution in [0.1, 0.15) is 32.0 Å². The Balaban J connectivity index is 2.84. The number of hydrogen-bond donors (Lipinski definition) is 2. The Morgan fingerprint density at radius 1 is 1.00 bits per heavy atom. The van der Waals surface area contributed by atoms with Gasteiger partial charge in [0, 0.05) is 5.39 Å². The number of aromatic carboxylic acids is 2. The molecule has 5 heteroatoms. The molecule has 0 amide bonds. The van der Waals surface area contributed by atoms with E-state index in [-0.39, 0.29) is 5.56 Å². The monoisotopic (exact) mass is 245 g/mol. The van der Waals surface area contributed by atoms with Crippen molar-refractivity contribution < 1.29 is 19.8 Å². The molecular formula is C13H11NO4. The topological polar surface area (TPSA) is 87.5 Å². The van der Waals surface area contributed by atoms with Crippen molar-refractivity contribution in [2.75, 3.05) is 0 Å². The smallest absolute Gasteiger partial charge is 0.355 e. The Bertz CT molecular complexity index is 618. The van der Waals surface area contributed by atoms with Crippen molar-refractivity contribution in [1.82, 2.24) is 4.98 Å². The Labute approximate surface area is 103 Å². The van der Waals surface area contributed by atoms with E-state index in [9.17, 15) is 9.59 Å². The number of benzene rings is 1. The highest BCUT2D eigenvalue weighted by Gasteiger charge is 2.19. The Hall–Kier alpha value is -2.43. The number of carbonyl (C=O) groups is 2. The lowest BCUT2D eigenvalue weighted by atomic mass is 10.0. The Morgan fingerprint density at radius 3 is 2.17 bits per heavy atom. The van der Waals surface area contributed by atoms with Gasteiger partial charge in [0.05, 0.1) is 11.1 Å². The maximum Gasteiger partial charge on any atom is 0.355 e. The summed E-state index contributed by atoms with van der Waals surface area (Å²) in [5.74, 6) is -2.63. The summed E-state index contributed by atoms with van der Waals surface area (Å²) in [6.07, 6.45) is 0. The van der Waals surface area contributed by atoms with Crippen molar-refractivity contribution in [1.29, 1.82) is 0 Å². The van der Waals surface area contributed by atoms with Crippen LogP contribution < -0.4 is 0 Å². The first kappa shape index (κ1) is 12.0. The molecule has 1 heterocycles. The van der Waals surface area contributed by atoms with Crippen LogP contribution in [-0.4, -0.2) is 27.1 Å². The average Bonchev–Trinajstić information content (AvgIpc) is 2.28. The SMILES string of the molecule is Cc1cc2cc(C(=O)O)c(C(=O)O)nc2cc1C. The van der Waals surface area contributed by atoms with Crippen molar-refractivity contribution >= 4 is 22.8 Å². The summed E-state index contributed by atoms with van der Waals surface area (Å²) < 4.78 is 0. The third-order valence-electron chi connectivity index (χ3n) is 2.86. The lowest BCUT2D eigenvalue weighted by Crippen LogP contribution is -2.10.